The van der Waals surface area contributed by atoms with Crippen LogP contribution in [0.25, 0.3) is 0 Å². The SMILES string of the molecule is CCC(C)NC(N)=NCC(C)(O)c1cccs1.I. The summed E-state index contributed by atoms with van der Waals surface area (Å²) >= 11 is 1.52. The summed E-state index contributed by atoms with van der Waals surface area (Å²) in [4.78, 5) is 5.08. The molecule has 1 heterocycles. The maximum Gasteiger partial charge on any atom is 0.188 e. The number of nitrogens with zero attached hydrogens (tertiary/aromatic N) is 1. The Balaban J connectivity index is 0.00000289. The maximum absolute atomic E-state index is 10.2. The number of hydrogen-bond donors (Lipinski definition) is 3. The molecule has 0 aliphatic carbocycles. The largest absolute Gasteiger partial charge is 0.383 e. The Morgan fingerprint density at radius 2 is 2.33 bits per heavy atom. The number of thiophene rings is 1. The predicted octanol–water partition coefficient (Wildman–Crippen LogP) is 2.28. The summed E-state index contributed by atoms with van der Waals surface area (Å²) < 4.78 is 0. The van der Waals surface area contributed by atoms with E-state index in [1.165, 1.54) is 11.3 Å². The Hall–Kier alpha value is -0.340. The normalized spacial score (nSPS) is 16.6. The monoisotopic (exact) mass is 383 g/mol. The minimum absolute atomic E-state index is 0. The van der Waals surface area contributed by atoms with Gasteiger partial charge in [-0.15, -0.1) is 35.3 Å². The Labute approximate surface area is 130 Å². The van der Waals surface area contributed by atoms with Gasteiger partial charge in [-0.25, -0.2) is 0 Å². The van der Waals surface area contributed by atoms with Crippen molar-refractivity contribution in [1.29, 1.82) is 0 Å². The lowest BCUT2D eigenvalue weighted by Crippen LogP contribution is -2.39. The average molecular weight is 383 g/mol. The Kier molecular flexibility index (Phi) is 7.81. The molecule has 0 saturated heterocycles. The summed E-state index contributed by atoms with van der Waals surface area (Å²) in [5.41, 5.74) is 4.79. The van der Waals surface area contributed by atoms with E-state index in [-0.39, 0.29) is 30.5 Å². The number of rotatable bonds is 5. The van der Waals surface area contributed by atoms with E-state index in [4.69, 9.17) is 5.73 Å². The van der Waals surface area contributed by atoms with Crippen LogP contribution in [0.5, 0.6) is 0 Å². The van der Waals surface area contributed by atoms with Crippen LogP contribution in [0.4, 0.5) is 0 Å². The molecule has 0 aliphatic heterocycles. The first-order valence-corrected chi connectivity index (χ1v) is 6.66. The molecule has 1 aromatic heterocycles. The first-order valence-electron chi connectivity index (χ1n) is 5.78. The van der Waals surface area contributed by atoms with Crippen molar-refractivity contribution in [3.63, 3.8) is 0 Å². The van der Waals surface area contributed by atoms with Gasteiger partial charge in [-0.1, -0.05) is 13.0 Å². The Morgan fingerprint density at radius 3 is 2.83 bits per heavy atom. The van der Waals surface area contributed by atoms with Crippen molar-refractivity contribution in [2.45, 2.75) is 38.8 Å². The zero-order chi connectivity index (χ0) is 12.9. The molecule has 0 radical (unpaired) electrons. The highest BCUT2D eigenvalue weighted by Crippen LogP contribution is 2.25. The van der Waals surface area contributed by atoms with E-state index in [1.807, 2.05) is 24.4 Å². The van der Waals surface area contributed by atoms with Crippen LogP contribution in [0.3, 0.4) is 0 Å². The van der Waals surface area contributed by atoms with Crippen molar-refractivity contribution in [3.05, 3.63) is 22.4 Å². The van der Waals surface area contributed by atoms with Crippen molar-refractivity contribution in [3.8, 4) is 0 Å². The molecule has 1 aromatic rings. The zero-order valence-corrected chi connectivity index (χ0v) is 14.2. The molecule has 0 bridgehead atoms. The van der Waals surface area contributed by atoms with Gasteiger partial charge < -0.3 is 16.2 Å². The van der Waals surface area contributed by atoms with E-state index >= 15 is 0 Å². The van der Waals surface area contributed by atoms with Crippen LogP contribution < -0.4 is 11.1 Å². The lowest BCUT2D eigenvalue weighted by atomic mass is 10.1. The summed E-state index contributed by atoms with van der Waals surface area (Å²) in [5, 5.41) is 15.2. The van der Waals surface area contributed by atoms with E-state index < -0.39 is 5.60 Å². The molecular weight excluding hydrogens is 361 g/mol. The molecule has 0 spiro atoms. The molecule has 6 heteroatoms. The van der Waals surface area contributed by atoms with E-state index in [1.54, 1.807) is 6.92 Å². The number of guanidine groups is 1. The number of nitrogens with two attached hydrogens (primary N) is 1. The van der Waals surface area contributed by atoms with Crippen LogP contribution in [-0.2, 0) is 5.60 Å². The molecule has 2 atom stereocenters. The molecule has 0 aliphatic rings. The topological polar surface area (TPSA) is 70.6 Å². The molecule has 2 unspecified atom stereocenters. The predicted molar refractivity (Wildman–Crippen MR) is 88.7 cm³/mol. The smallest absolute Gasteiger partial charge is 0.188 e. The highest BCUT2D eigenvalue weighted by molar-refractivity contribution is 14.0. The van der Waals surface area contributed by atoms with Gasteiger partial charge in [0.1, 0.15) is 5.60 Å². The highest BCUT2D eigenvalue weighted by Gasteiger charge is 2.23. The summed E-state index contributed by atoms with van der Waals surface area (Å²) in [7, 11) is 0. The van der Waals surface area contributed by atoms with Crippen molar-refractivity contribution >= 4 is 41.3 Å². The molecular formula is C12H22IN3OS. The number of hydrogen-bond acceptors (Lipinski definition) is 3. The van der Waals surface area contributed by atoms with Gasteiger partial charge in [0.15, 0.2) is 5.96 Å². The van der Waals surface area contributed by atoms with Crippen LogP contribution in [0.15, 0.2) is 22.5 Å². The van der Waals surface area contributed by atoms with Gasteiger partial charge in [-0.3, -0.25) is 4.99 Å². The number of nitrogens with one attached hydrogen (secondary N) is 1. The molecule has 4 N–H and O–H groups in total. The van der Waals surface area contributed by atoms with Gasteiger partial charge in [-0.05, 0) is 31.7 Å². The number of aliphatic imine (C=N–C) groups is 1. The third kappa shape index (κ3) is 5.53. The molecule has 0 aromatic carbocycles. The van der Waals surface area contributed by atoms with Gasteiger partial charge >= 0.3 is 0 Å². The highest BCUT2D eigenvalue weighted by atomic mass is 127. The minimum Gasteiger partial charge on any atom is -0.383 e. The fourth-order valence-corrected chi connectivity index (χ4v) is 2.08. The van der Waals surface area contributed by atoms with Crippen LogP contribution in [0, 0.1) is 0 Å². The molecule has 1 rings (SSSR count). The van der Waals surface area contributed by atoms with Gasteiger partial charge in [0.2, 0.25) is 0 Å². The second-order valence-electron chi connectivity index (χ2n) is 4.41. The van der Waals surface area contributed by atoms with Gasteiger partial charge in [0.25, 0.3) is 0 Å². The average Bonchev–Trinajstić information content (AvgIpc) is 2.80. The number of aliphatic hydroxyl groups is 1. The molecule has 0 amide bonds. The van der Waals surface area contributed by atoms with Gasteiger partial charge in [0.05, 0.1) is 6.54 Å². The van der Waals surface area contributed by atoms with Crippen LogP contribution in [0.1, 0.15) is 32.1 Å². The van der Waals surface area contributed by atoms with Crippen molar-refractivity contribution < 1.29 is 5.11 Å². The standard InChI is InChI=1S/C12H21N3OS.HI/c1-4-9(2)15-11(13)14-8-12(3,16)10-6-5-7-17-10;/h5-7,9,16H,4,8H2,1-3H3,(H3,13,14,15);1H. The first-order chi connectivity index (χ1) is 7.95. The van der Waals surface area contributed by atoms with E-state index in [0.29, 0.717) is 12.0 Å². The lowest BCUT2D eigenvalue weighted by molar-refractivity contribution is 0.0712. The molecule has 4 nitrogen and oxygen atoms in total. The van der Waals surface area contributed by atoms with Gasteiger partial charge in [0, 0.05) is 10.9 Å². The van der Waals surface area contributed by atoms with Crippen molar-refractivity contribution in [2.24, 2.45) is 10.7 Å². The quantitative estimate of drug-likeness (QED) is 0.415. The maximum atomic E-state index is 10.2. The Bertz CT molecular complexity index is 365. The minimum atomic E-state index is -0.948. The fourth-order valence-electron chi connectivity index (χ4n) is 1.30. The second-order valence-corrected chi connectivity index (χ2v) is 5.35. The molecule has 0 saturated carbocycles. The fraction of sp³-hybridized carbons (Fsp3) is 0.583. The van der Waals surface area contributed by atoms with E-state index in [9.17, 15) is 5.11 Å². The van der Waals surface area contributed by atoms with E-state index in [0.717, 1.165) is 11.3 Å². The Morgan fingerprint density at radius 1 is 1.67 bits per heavy atom. The van der Waals surface area contributed by atoms with Crippen molar-refractivity contribution in [2.75, 3.05) is 6.54 Å². The third-order valence-electron chi connectivity index (χ3n) is 2.62. The summed E-state index contributed by atoms with van der Waals surface area (Å²) in [6.45, 7) is 6.13. The molecule has 104 valence electrons. The molecule has 18 heavy (non-hydrogen) atoms. The van der Waals surface area contributed by atoms with Crippen LogP contribution in [-0.4, -0.2) is 23.7 Å². The van der Waals surface area contributed by atoms with E-state index in [2.05, 4.69) is 17.2 Å². The van der Waals surface area contributed by atoms with Crippen molar-refractivity contribution in [1.82, 2.24) is 5.32 Å². The lowest BCUT2D eigenvalue weighted by Gasteiger charge is -2.20. The van der Waals surface area contributed by atoms with Crippen LogP contribution >= 0.6 is 35.3 Å². The first kappa shape index (κ1) is 17.7. The second kappa shape index (κ2) is 7.96. The zero-order valence-electron chi connectivity index (χ0n) is 11.0. The van der Waals surface area contributed by atoms with Crippen LogP contribution in [0.2, 0.25) is 0 Å². The number of halogens is 1. The summed E-state index contributed by atoms with van der Waals surface area (Å²) in [5.74, 6) is 0.385. The summed E-state index contributed by atoms with van der Waals surface area (Å²) in [6, 6.07) is 4.11. The summed E-state index contributed by atoms with van der Waals surface area (Å²) in [6.07, 6.45) is 0.984. The van der Waals surface area contributed by atoms with Gasteiger partial charge in [-0.2, -0.15) is 0 Å². The molecule has 0 fully saturated rings. The third-order valence-corrected chi connectivity index (χ3v) is 3.74.